The number of anilines is 1. The van der Waals surface area contributed by atoms with E-state index >= 15 is 0 Å². The van der Waals surface area contributed by atoms with Gasteiger partial charge in [0.25, 0.3) is 0 Å². The zero-order valence-corrected chi connectivity index (χ0v) is 17.4. The summed E-state index contributed by atoms with van der Waals surface area (Å²) in [6, 6.07) is 14.1. The third-order valence-electron chi connectivity index (χ3n) is 4.27. The zero-order chi connectivity index (χ0) is 21.1. The molecule has 1 amide bonds. The van der Waals surface area contributed by atoms with Crippen LogP contribution in [0.1, 0.15) is 0 Å². The molecule has 0 saturated heterocycles. The van der Waals surface area contributed by atoms with Crippen LogP contribution in [0.15, 0.2) is 70.9 Å². The van der Waals surface area contributed by atoms with E-state index in [-0.39, 0.29) is 22.9 Å². The van der Waals surface area contributed by atoms with Crippen molar-refractivity contribution in [3.05, 3.63) is 76.3 Å². The molecule has 152 valence electrons. The number of rotatable bonds is 6. The normalized spacial score (nSPS) is 10.9. The number of amides is 1. The summed E-state index contributed by atoms with van der Waals surface area (Å²) in [5.74, 6) is 0.550. The van der Waals surface area contributed by atoms with Crippen LogP contribution in [-0.2, 0) is 4.79 Å². The van der Waals surface area contributed by atoms with E-state index in [0.29, 0.717) is 27.3 Å². The molecule has 0 saturated carbocycles. The fourth-order valence-electron chi connectivity index (χ4n) is 2.79. The molecular weight excluding hydrogens is 426 g/mol. The molecule has 0 fully saturated rings. The quantitative estimate of drug-likeness (QED) is 0.462. The molecule has 0 aliphatic carbocycles. The van der Waals surface area contributed by atoms with Crippen molar-refractivity contribution in [2.45, 2.75) is 5.16 Å². The van der Waals surface area contributed by atoms with Gasteiger partial charge in [0.1, 0.15) is 5.75 Å². The van der Waals surface area contributed by atoms with Crippen LogP contribution < -0.4 is 15.6 Å². The van der Waals surface area contributed by atoms with E-state index in [0.717, 1.165) is 0 Å². The Morgan fingerprint density at radius 1 is 1.13 bits per heavy atom. The molecule has 1 N–H and O–H groups in total. The van der Waals surface area contributed by atoms with Gasteiger partial charge in [-0.15, -0.1) is 10.2 Å². The first-order valence-electron chi connectivity index (χ1n) is 8.85. The summed E-state index contributed by atoms with van der Waals surface area (Å²) in [7, 11) is 1.58. The van der Waals surface area contributed by atoms with Gasteiger partial charge in [0.2, 0.25) is 11.6 Å². The Labute approximate surface area is 180 Å². The monoisotopic (exact) mass is 441 g/mol. The predicted octanol–water partition coefficient (Wildman–Crippen LogP) is 3.27. The molecule has 10 heteroatoms. The molecule has 4 rings (SSSR count). The summed E-state index contributed by atoms with van der Waals surface area (Å²) in [5, 5.41) is 11.7. The third kappa shape index (κ3) is 4.03. The van der Waals surface area contributed by atoms with Crippen LogP contribution in [-0.4, -0.2) is 37.9 Å². The largest absolute Gasteiger partial charge is 0.497 e. The van der Waals surface area contributed by atoms with Crippen LogP contribution in [0.2, 0.25) is 5.02 Å². The molecule has 30 heavy (non-hydrogen) atoms. The van der Waals surface area contributed by atoms with Gasteiger partial charge in [-0.1, -0.05) is 35.5 Å². The van der Waals surface area contributed by atoms with Gasteiger partial charge in [-0.3, -0.25) is 18.6 Å². The standard InChI is InChI=1S/C20H16ClN5O3S/c1-29-14-8-6-13(7-9-14)25-10-11-26-18(19(25)28)23-24-20(26)30-12-17(27)22-16-5-3-2-4-15(16)21/h2-11H,12H2,1H3,(H,22,27). The highest BCUT2D eigenvalue weighted by molar-refractivity contribution is 7.99. The number of methoxy groups -OCH3 is 1. The predicted molar refractivity (Wildman–Crippen MR) is 116 cm³/mol. The lowest BCUT2D eigenvalue weighted by molar-refractivity contribution is -0.113. The molecule has 2 heterocycles. The van der Waals surface area contributed by atoms with Crippen molar-refractivity contribution in [2.75, 3.05) is 18.2 Å². The van der Waals surface area contributed by atoms with Crippen molar-refractivity contribution in [3.63, 3.8) is 0 Å². The molecule has 0 spiro atoms. The maximum absolute atomic E-state index is 12.8. The second kappa shape index (κ2) is 8.60. The molecular formula is C20H16ClN5O3S. The number of halogens is 1. The molecule has 4 aromatic rings. The first-order valence-corrected chi connectivity index (χ1v) is 10.2. The van der Waals surface area contributed by atoms with Gasteiger partial charge in [-0.2, -0.15) is 0 Å². The first kappa shape index (κ1) is 20.0. The van der Waals surface area contributed by atoms with Gasteiger partial charge in [0, 0.05) is 18.1 Å². The van der Waals surface area contributed by atoms with Crippen molar-refractivity contribution in [2.24, 2.45) is 0 Å². The smallest absolute Gasteiger partial charge is 0.300 e. The van der Waals surface area contributed by atoms with Gasteiger partial charge in [0.15, 0.2) is 5.16 Å². The highest BCUT2D eigenvalue weighted by Crippen LogP contribution is 2.22. The fraction of sp³-hybridized carbons (Fsp3) is 0.100. The zero-order valence-electron chi connectivity index (χ0n) is 15.8. The summed E-state index contributed by atoms with van der Waals surface area (Å²) in [6.07, 6.45) is 3.32. The maximum Gasteiger partial charge on any atom is 0.300 e. The van der Waals surface area contributed by atoms with Gasteiger partial charge in [0.05, 0.1) is 23.6 Å². The summed E-state index contributed by atoms with van der Waals surface area (Å²) in [5.41, 5.74) is 1.07. The Morgan fingerprint density at radius 2 is 1.90 bits per heavy atom. The van der Waals surface area contributed by atoms with Crippen LogP contribution in [0.25, 0.3) is 11.3 Å². The minimum atomic E-state index is -0.317. The van der Waals surface area contributed by atoms with E-state index < -0.39 is 0 Å². The van der Waals surface area contributed by atoms with Crippen LogP contribution >= 0.6 is 23.4 Å². The van der Waals surface area contributed by atoms with Gasteiger partial charge in [-0.25, -0.2) is 0 Å². The number of hydrogen-bond acceptors (Lipinski definition) is 6. The second-order valence-corrected chi connectivity index (χ2v) is 7.51. The summed E-state index contributed by atoms with van der Waals surface area (Å²) in [4.78, 5) is 25.0. The molecule has 2 aromatic carbocycles. The molecule has 0 bridgehead atoms. The van der Waals surface area contributed by atoms with Crippen molar-refractivity contribution in [1.82, 2.24) is 19.2 Å². The number of thioether (sulfide) groups is 1. The summed E-state index contributed by atoms with van der Waals surface area (Å²) < 4.78 is 8.18. The fourth-order valence-corrected chi connectivity index (χ4v) is 3.69. The molecule has 8 nitrogen and oxygen atoms in total. The number of nitrogens with zero attached hydrogens (tertiary/aromatic N) is 4. The second-order valence-electron chi connectivity index (χ2n) is 6.16. The summed E-state index contributed by atoms with van der Waals surface area (Å²) in [6.45, 7) is 0. The summed E-state index contributed by atoms with van der Waals surface area (Å²) >= 11 is 7.23. The Bertz CT molecular complexity index is 1270. The topological polar surface area (TPSA) is 90.5 Å². The van der Waals surface area contributed by atoms with E-state index in [2.05, 4.69) is 15.5 Å². The Hall–Kier alpha value is -3.30. The van der Waals surface area contributed by atoms with E-state index in [1.165, 1.54) is 16.3 Å². The molecule has 0 aliphatic heterocycles. The van der Waals surface area contributed by atoms with E-state index in [1.807, 2.05) is 0 Å². The first-order chi connectivity index (χ1) is 14.6. The molecule has 0 atom stereocenters. The highest BCUT2D eigenvalue weighted by atomic mass is 35.5. The molecule has 2 aromatic heterocycles. The Morgan fingerprint density at radius 3 is 2.63 bits per heavy atom. The van der Waals surface area contributed by atoms with E-state index in [4.69, 9.17) is 16.3 Å². The number of para-hydroxylation sites is 1. The van der Waals surface area contributed by atoms with E-state index in [1.54, 1.807) is 72.4 Å². The van der Waals surface area contributed by atoms with Crippen molar-refractivity contribution in [1.29, 1.82) is 0 Å². The van der Waals surface area contributed by atoms with Gasteiger partial charge >= 0.3 is 5.56 Å². The maximum atomic E-state index is 12.8. The van der Waals surface area contributed by atoms with E-state index in [9.17, 15) is 9.59 Å². The number of benzene rings is 2. The molecule has 0 unspecified atom stereocenters. The molecule has 0 aliphatic rings. The van der Waals surface area contributed by atoms with Gasteiger partial charge < -0.3 is 10.1 Å². The average Bonchev–Trinajstić information content (AvgIpc) is 3.18. The Balaban J connectivity index is 1.52. The number of carbonyl (C=O) groups excluding carboxylic acids is 1. The van der Waals surface area contributed by atoms with Crippen LogP contribution in [0.3, 0.4) is 0 Å². The van der Waals surface area contributed by atoms with Crippen molar-refractivity contribution in [3.8, 4) is 11.4 Å². The number of nitrogens with one attached hydrogen (secondary N) is 1. The van der Waals surface area contributed by atoms with Crippen LogP contribution in [0, 0.1) is 0 Å². The van der Waals surface area contributed by atoms with Crippen molar-refractivity contribution >= 4 is 40.6 Å². The number of hydrogen-bond donors (Lipinski definition) is 1. The number of ether oxygens (including phenoxy) is 1. The van der Waals surface area contributed by atoms with Gasteiger partial charge in [-0.05, 0) is 36.4 Å². The van der Waals surface area contributed by atoms with Crippen molar-refractivity contribution < 1.29 is 9.53 Å². The number of fused-ring (bicyclic) bond motifs is 1. The van der Waals surface area contributed by atoms with Crippen LogP contribution in [0.5, 0.6) is 5.75 Å². The SMILES string of the molecule is COc1ccc(-n2ccn3c(SCC(=O)Nc4ccccc4Cl)nnc3c2=O)cc1. The third-order valence-corrected chi connectivity index (χ3v) is 5.54. The lowest BCUT2D eigenvalue weighted by atomic mass is 10.3. The number of carbonyl (C=O) groups is 1. The molecule has 0 radical (unpaired) electrons. The lowest BCUT2D eigenvalue weighted by Gasteiger charge is -2.08. The highest BCUT2D eigenvalue weighted by Gasteiger charge is 2.14. The minimum Gasteiger partial charge on any atom is -0.497 e. The Kier molecular flexibility index (Phi) is 5.73. The van der Waals surface area contributed by atoms with Crippen LogP contribution in [0.4, 0.5) is 5.69 Å². The lowest BCUT2D eigenvalue weighted by Crippen LogP contribution is -2.20. The average molecular weight is 442 g/mol. The number of aromatic nitrogens is 4. The minimum absolute atomic E-state index is 0.0909.